The van der Waals surface area contributed by atoms with Gasteiger partial charge in [0.2, 0.25) is 0 Å². The van der Waals surface area contributed by atoms with Crippen LogP contribution in [-0.4, -0.2) is 0 Å². The smallest absolute Gasteiger partial charge is 0.0149 e. The molecule has 26 heavy (non-hydrogen) atoms. The first kappa shape index (κ1) is 18.5. The largest absolute Gasteiger partial charge is 0.0613 e. The summed E-state index contributed by atoms with van der Waals surface area (Å²) in [5.41, 5.74) is 11.1. The molecule has 0 radical (unpaired) electrons. The molecule has 0 aromatic heterocycles. The highest BCUT2D eigenvalue weighted by atomic mass is 14.2. The van der Waals surface area contributed by atoms with Crippen molar-refractivity contribution in [3.8, 4) is 22.3 Å². The monoisotopic (exact) mass is 342 g/mol. The molecule has 0 fully saturated rings. The highest BCUT2D eigenvalue weighted by molar-refractivity contribution is 5.77. The lowest BCUT2D eigenvalue weighted by Crippen LogP contribution is -1.96. The van der Waals surface area contributed by atoms with Crippen molar-refractivity contribution in [2.24, 2.45) is 0 Å². The molecule has 0 aliphatic heterocycles. The summed E-state index contributed by atoms with van der Waals surface area (Å²) in [5.74, 6) is 0. The number of hydrogen-bond donors (Lipinski definition) is 0. The fourth-order valence-electron chi connectivity index (χ4n) is 3.65. The van der Waals surface area contributed by atoms with Gasteiger partial charge in [-0.2, -0.15) is 0 Å². The van der Waals surface area contributed by atoms with E-state index in [-0.39, 0.29) is 0 Å². The first-order valence-electron chi connectivity index (χ1n) is 10.0. The van der Waals surface area contributed by atoms with Crippen LogP contribution in [0.5, 0.6) is 0 Å². The molecule has 0 saturated heterocycles. The SMILES string of the molecule is CCc1ccc(-c2cc(CC)c(-c3ccc(CC)cc3)cc2CC)cc1. The van der Waals surface area contributed by atoms with E-state index in [4.69, 9.17) is 0 Å². The van der Waals surface area contributed by atoms with E-state index < -0.39 is 0 Å². The fourth-order valence-corrected chi connectivity index (χ4v) is 3.65. The van der Waals surface area contributed by atoms with Crippen LogP contribution in [0.25, 0.3) is 22.3 Å². The summed E-state index contributed by atoms with van der Waals surface area (Å²) in [4.78, 5) is 0. The van der Waals surface area contributed by atoms with Crippen LogP contribution in [0.3, 0.4) is 0 Å². The highest BCUT2D eigenvalue weighted by Crippen LogP contribution is 2.33. The third kappa shape index (κ3) is 3.75. The van der Waals surface area contributed by atoms with Crippen molar-refractivity contribution in [2.45, 2.75) is 53.4 Å². The molecule has 3 aromatic carbocycles. The van der Waals surface area contributed by atoms with Crippen molar-refractivity contribution < 1.29 is 0 Å². The van der Waals surface area contributed by atoms with Gasteiger partial charge in [0.25, 0.3) is 0 Å². The van der Waals surface area contributed by atoms with Gasteiger partial charge in [-0.1, -0.05) is 88.4 Å². The van der Waals surface area contributed by atoms with Crippen LogP contribution in [0, 0.1) is 0 Å². The molecule has 0 amide bonds. The third-order valence-electron chi connectivity index (χ3n) is 5.44. The van der Waals surface area contributed by atoms with Crippen molar-refractivity contribution >= 4 is 0 Å². The van der Waals surface area contributed by atoms with Crippen LogP contribution in [-0.2, 0) is 25.7 Å². The zero-order chi connectivity index (χ0) is 18.5. The van der Waals surface area contributed by atoms with Crippen molar-refractivity contribution in [3.63, 3.8) is 0 Å². The average molecular weight is 343 g/mol. The average Bonchev–Trinajstić information content (AvgIpc) is 2.73. The second-order valence-corrected chi connectivity index (χ2v) is 6.97. The van der Waals surface area contributed by atoms with E-state index in [1.54, 1.807) is 0 Å². The minimum absolute atomic E-state index is 1.05. The number of benzene rings is 3. The second kappa shape index (κ2) is 8.36. The summed E-state index contributed by atoms with van der Waals surface area (Å²) in [5, 5.41) is 0. The van der Waals surface area contributed by atoms with E-state index in [9.17, 15) is 0 Å². The second-order valence-electron chi connectivity index (χ2n) is 6.97. The summed E-state index contributed by atoms with van der Waals surface area (Å²) >= 11 is 0. The van der Waals surface area contributed by atoms with Gasteiger partial charge in [-0.15, -0.1) is 0 Å². The standard InChI is InChI=1S/C26H30/c1-5-19-9-13-23(14-10-19)25-17-22(8-4)26(18-21(25)7-3)24-15-11-20(6-2)12-16-24/h9-18H,5-8H2,1-4H3. The maximum absolute atomic E-state index is 2.42. The quantitative estimate of drug-likeness (QED) is 0.442. The van der Waals surface area contributed by atoms with Crippen molar-refractivity contribution in [1.29, 1.82) is 0 Å². The van der Waals surface area contributed by atoms with Gasteiger partial charge in [-0.05, 0) is 70.2 Å². The van der Waals surface area contributed by atoms with Crippen molar-refractivity contribution in [1.82, 2.24) is 0 Å². The zero-order valence-corrected chi connectivity index (χ0v) is 16.6. The molecule has 0 nitrogen and oxygen atoms in total. The number of aryl methyl sites for hydroxylation is 4. The van der Waals surface area contributed by atoms with E-state index in [2.05, 4.69) is 88.4 Å². The first-order chi connectivity index (χ1) is 12.7. The molecular weight excluding hydrogens is 312 g/mol. The van der Waals surface area contributed by atoms with Crippen LogP contribution >= 0.6 is 0 Å². The molecular formula is C26H30. The van der Waals surface area contributed by atoms with E-state index >= 15 is 0 Å². The molecule has 0 heterocycles. The van der Waals surface area contributed by atoms with E-state index in [1.807, 2.05) is 0 Å². The predicted octanol–water partition coefficient (Wildman–Crippen LogP) is 7.27. The molecule has 0 N–H and O–H groups in total. The van der Waals surface area contributed by atoms with Gasteiger partial charge in [0.05, 0.1) is 0 Å². The van der Waals surface area contributed by atoms with E-state index in [1.165, 1.54) is 44.5 Å². The Morgan fingerprint density at radius 1 is 0.462 bits per heavy atom. The van der Waals surface area contributed by atoms with Gasteiger partial charge in [0.1, 0.15) is 0 Å². The lowest BCUT2D eigenvalue weighted by molar-refractivity contribution is 1.10. The van der Waals surface area contributed by atoms with Gasteiger partial charge in [-0.3, -0.25) is 0 Å². The Morgan fingerprint density at radius 3 is 1.08 bits per heavy atom. The Balaban J connectivity index is 2.09. The van der Waals surface area contributed by atoms with E-state index in [0.717, 1.165) is 25.7 Å². The summed E-state index contributed by atoms with van der Waals surface area (Å²) in [7, 11) is 0. The van der Waals surface area contributed by atoms with Crippen LogP contribution in [0.2, 0.25) is 0 Å². The summed E-state index contributed by atoms with van der Waals surface area (Å²) in [6.45, 7) is 8.93. The Morgan fingerprint density at radius 2 is 0.808 bits per heavy atom. The Labute approximate surface area is 158 Å². The molecule has 3 aromatic rings. The molecule has 0 heteroatoms. The third-order valence-corrected chi connectivity index (χ3v) is 5.44. The van der Waals surface area contributed by atoms with Crippen molar-refractivity contribution in [2.75, 3.05) is 0 Å². The molecule has 3 rings (SSSR count). The minimum atomic E-state index is 1.05. The van der Waals surface area contributed by atoms with E-state index in [0.29, 0.717) is 0 Å². The number of rotatable bonds is 6. The van der Waals surface area contributed by atoms with Gasteiger partial charge < -0.3 is 0 Å². The molecule has 0 spiro atoms. The van der Waals surface area contributed by atoms with Gasteiger partial charge in [0, 0.05) is 0 Å². The fraction of sp³-hybridized carbons (Fsp3) is 0.308. The highest BCUT2D eigenvalue weighted by Gasteiger charge is 2.11. The molecule has 0 aliphatic rings. The normalized spacial score (nSPS) is 10.9. The zero-order valence-electron chi connectivity index (χ0n) is 16.6. The molecule has 0 aliphatic carbocycles. The lowest BCUT2D eigenvalue weighted by Gasteiger charge is -2.16. The van der Waals surface area contributed by atoms with Gasteiger partial charge >= 0.3 is 0 Å². The molecule has 0 saturated carbocycles. The molecule has 0 atom stereocenters. The van der Waals surface area contributed by atoms with Crippen LogP contribution in [0.15, 0.2) is 60.7 Å². The topological polar surface area (TPSA) is 0 Å². The Hall–Kier alpha value is -2.34. The first-order valence-corrected chi connectivity index (χ1v) is 10.0. The maximum Gasteiger partial charge on any atom is -0.0149 e. The number of hydrogen-bond acceptors (Lipinski definition) is 0. The summed E-state index contributed by atoms with van der Waals surface area (Å²) < 4.78 is 0. The molecule has 0 bridgehead atoms. The minimum Gasteiger partial charge on any atom is -0.0613 e. The van der Waals surface area contributed by atoms with Gasteiger partial charge in [-0.25, -0.2) is 0 Å². The summed E-state index contributed by atoms with van der Waals surface area (Å²) in [6, 6.07) is 23.0. The Kier molecular flexibility index (Phi) is 5.93. The maximum atomic E-state index is 2.42. The van der Waals surface area contributed by atoms with Crippen LogP contribution < -0.4 is 0 Å². The van der Waals surface area contributed by atoms with Gasteiger partial charge in [0.15, 0.2) is 0 Å². The summed E-state index contributed by atoms with van der Waals surface area (Å²) in [6.07, 6.45) is 4.28. The van der Waals surface area contributed by atoms with Crippen LogP contribution in [0.1, 0.15) is 49.9 Å². The predicted molar refractivity (Wildman–Crippen MR) is 115 cm³/mol. The van der Waals surface area contributed by atoms with Crippen molar-refractivity contribution in [3.05, 3.63) is 82.9 Å². The lowest BCUT2D eigenvalue weighted by atomic mass is 9.88. The van der Waals surface area contributed by atoms with Crippen LogP contribution in [0.4, 0.5) is 0 Å². The Bertz CT molecular complexity index is 777. The molecule has 134 valence electrons. The molecule has 0 unspecified atom stereocenters.